The predicted molar refractivity (Wildman–Crippen MR) is 103 cm³/mol. The molecule has 134 valence electrons. The second kappa shape index (κ2) is 7.89. The van der Waals surface area contributed by atoms with Crippen LogP contribution in [0.25, 0.3) is 0 Å². The minimum absolute atomic E-state index is 0.317. The summed E-state index contributed by atoms with van der Waals surface area (Å²) in [7, 11) is -3.65. The van der Waals surface area contributed by atoms with Crippen LogP contribution in [-0.4, -0.2) is 26.6 Å². The Kier molecular flexibility index (Phi) is 6.08. The Balaban J connectivity index is 2.38. The van der Waals surface area contributed by atoms with Crippen molar-refractivity contribution < 1.29 is 13.2 Å². The van der Waals surface area contributed by atoms with Crippen molar-refractivity contribution in [2.45, 2.75) is 26.3 Å². The highest BCUT2D eigenvalue weighted by atomic mass is 35.5. The average Bonchev–Trinajstić information content (AvgIpc) is 2.54. The average molecular weight is 381 g/mol. The third-order valence-electron chi connectivity index (χ3n) is 3.75. The molecule has 2 aromatic carbocycles. The molecule has 0 saturated heterocycles. The van der Waals surface area contributed by atoms with Gasteiger partial charge in [0.15, 0.2) is 0 Å². The third kappa shape index (κ3) is 4.74. The summed E-state index contributed by atoms with van der Waals surface area (Å²) < 4.78 is 25.9. The van der Waals surface area contributed by atoms with Crippen LogP contribution in [0.5, 0.6) is 0 Å². The minimum Gasteiger partial charge on any atom is -0.323 e. The smallest absolute Gasteiger partial charge is 0.248 e. The van der Waals surface area contributed by atoms with Gasteiger partial charge in [0.2, 0.25) is 15.9 Å². The molecule has 0 aliphatic carbocycles. The number of nitrogens with zero attached hydrogens (tertiary/aromatic N) is 1. The molecule has 0 saturated carbocycles. The van der Waals surface area contributed by atoms with Crippen molar-refractivity contribution in [1.82, 2.24) is 0 Å². The summed E-state index contributed by atoms with van der Waals surface area (Å²) in [6.45, 7) is 3.68. The van der Waals surface area contributed by atoms with Crippen LogP contribution in [0, 0.1) is 6.92 Å². The van der Waals surface area contributed by atoms with Crippen LogP contribution < -0.4 is 9.62 Å². The topological polar surface area (TPSA) is 66.5 Å². The van der Waals surface area contributed by atoms with Crippen LogP contribution in [0.3, 0.4) is 0 Å². The number of carbonyl (C=O) groups is 1. The second-order valence-electron chi connectivity index (χ2n) is 5.79. The Hall–Kier alpha value is -2.05. The highest BCUT2D eigenvalue weighted by Crippen LogP contribution is 2.25. The summed E-state index contributed by atoms with van der Waals surface area (Å²) in [6, 6.07) is 13.0. The van der Waals surface area contributed by atoms with Crippen LogP contribution >= 0.6 is 11.6 Å². The Bertz CT molecular complexity index is 851. The molecule has 0 fully saturated rings. The van der Waals surface area contributed by atoms with Gasteiger partial charge in [-0.05, 0) is 37.6 Å². The number of halogens is 1. The lowest BCUT2D eigenvalue weighted by Gasteiger charge is -2.30. The summed E-state index contributed by atoms with van der Waals surface area (Å²) in [6.07, 6.45) is 1.41. The van der Waals surface area contributed by atoms with E-state index in [4.69, 9.17) is 11.6 Å². The molecule has 0 radical (unpaired) electrons. The van der Waals surface area contributed by atoms with Crippen LogP contribution in [0.15, 0.2) is 48.5 Å². The monoisotopic (exact) mass is 380 g/mol. The zero-order valence-electron chi connectivity index (χ0n) is 14.4. The van der Waals surface area contributed by atoms with E-state index < -0.39 is 22.0 Å². The summed E-state index contributed by atoms with van der Waals surface area (Å²) in [5.74, 6) is -0.429. The summed E-state index contributed by atoms with van der Waals surface area (Å²) in [4.78, 5) is 12.7. The Labute approximate surface area is 153 Å². The van der Waals surface area contributed by atoms with Gasteiger partial charge in [-0.15, -0.1) is 0 Å². The minimum atomic E-state index is -3.65. The number of carbonyl (C=O) groups excluding carboxylic acids is 1. The molecule has 0 aliphatic heterocycles. The fraction of sp³-hybridized carbons (Fsp3) is 0.278. The standard InChI is InChI=1S/C18H21ClN2O3S/c1-4-17(18(22)20-16-8-6-5-7-15(16)19)21(25(3,23)24)14-11-9-13(2)10-12-14/h5-12,17H,4H2,1-3H3,(H,20,22)/t17-/m1/s1. The van der Waals surface area contributed by atoms with Crippen LogP contribution in [0.2, 0.25) is 5.02 Å². The Morgan fingerprint density at radius 1 is 1.16 bits per heavy atom. The molecule has 1 atom stereocenters. The number of para-hydroxylation sites is 1. The van der Waals surface area contributed by atoms with Gasteiger partial charge in [-0.2, -0.15) is 0 Å². The van der Waals surface area contributed by atoms with E-state index in [0.29, 0.717) is 22.8 Å². The van der Waals surface area contributed by atoms with Gasteiger partial charge in [-0.1, -0.05) is 48.4 Å². The number of hydrogen-bond acceptors (Lipinski definition) is 3. The van der Waals surface area contributed by atoms with E-state index in [-0.39, 0.29) is 0 Å². The van der Waals surface area contributed by atoms with Crippen molar-refractivity contribution >= 4 is 38.9 Å². The van der Waals surface area contributed by atoms with E-state index in [1.807, 2.05) is 19.1 Å². The molecule has 0 spiro atoms. The van der Waals surface area contributed by atoms with E-state index in [1.54, 1.807) is 43.3 Å². The molecule has 2 aromatic rings. The second-order valence-corrected chi connectivity index (χ2v) is 8.05. The molecular weight excluding hydrogens is 360 g/mol. The van der Waals surface area contributed by atoms with E-state index in [0.717, 1.165) is 16.1 Å². The predicted octanol–water partition coefficient (Wildman–Crippen LogP) is 3.83. The normalized spacial score (nSPS) is 12.5. The van der Waals surface area contributed by atoms with Crippen LogP contribution in [0.4, 0.5) is 11.4 Å². The SMILES string of the molecule is CC[C@H](C(=O)Nc1ccccc1Cl)N(c1ccc(C)cc1)S(C)(=O)=O. The zero-order valence-corrected chi connectivity index (χ0v) is 15.9. The van der Waals surface area contributed by atoms with Crippen molar-refractivity contribution in [3.05, 3.63) is 59.1 Å². The first-order valence-corrected chi connectivity index (χ1v) is 10.1. The fourth-order valence-electron chi connectivity index (χ4n) is 2.53. The molecule has 0 aromatic heterocycles. The van der Waals surface area contributed by atoms with Crippen molar-refractivity contribution in [2.75, 3.05) is 15.9 Å². The van der Waals surface area contributed by atoms with Crippen molar-refractivity contribution in [2.24, 2.45) is 0 Å². The van der Waals surface area contributed by atoms with Gasteiger partial charge in [0.1, 0.15) is 6.04 Å². The first-order chi connectivity index (χ1) is 11.7. The van der Waals surface area contributed by atoms with Crippen LogP contribution in [0.1, 0.15) is 18.9 Å². The molecule has 5 nitrogen and oxygen atoms in total. The summed E-state index contributed by atoms with van der Waals surface area (Å²) in [5.41, 5.74) is 1.91. The Morgan fingerprint density at radius 3 is 2.28 bits per heavy atom. The summed E-state index contributed by atoms with van der Waals surface area (Å²) >= 11 is 6.07. The number of amides is 1. The highest BCUT2D eigenvalue weighted by molar-refractivity contribution is 7.92. The maximum Gasteiger partial charge on any atom is 0.248 e. The lowest BCUT2D eigenvalue weighted by atomic mass is 10.1. The zero-order chi connectivity index (χ0) is 18.6. The van der Waals surface area contributed by atoms with Gasteiger partial charge in [0.05, 0.1) is 22.7 Å². The number of anilines is 2. The van der Waals surface area contributed by atoms with Crippen LogP contribution in [-0.2, 0) is 14.8 Å². The maximum atomic E-state index is 12.7. The van der Waals surface area contributed by atoms with E-state index in [1.165, 1.54) is 0 Å². The molecule has 7 heteroatoms. The van der Waals surface area contributed by atoms with E-state index in [9.17, 15) is 13.2 Å². The number of aryl methyl sites for hydroxylation is 1. The molecule has 1 amide bonds. The number of benzene rings is 2. The lowest BCUT2D eigenvalue weighted by Crippen LogP contribution is -2.47. The van der Waals surface area contributed by atoms with E-state index in [2.05, 4.69) is 5.32 Å². The fourth-order valence-corrected chi connectivity index (χ4v) is 3.93. The van der Waals surface area contributed by atoms with Crippen molar-refractivity contribution in [3.8, 4) is 0 Å². The number of nitrogens with one attached hydrogen (secondary N) is 1. The molecule has 0 bridgehead atoms. The molecule has 1 N–H and O–H groups in total. The molecule has 0 aliphatic rings. The number of rotatable bonds is 6. The lowest BCUT2D eigenvalue weighted by molar-refractivity contribution is -0.117. The van der Waals surface area contributed by atoms with Gasteiger partial charge < -0.3 is 5.32 Å². The van der Waals surface area contributed by atoms with Gasteiger partial charge >= 0.3 is 0 Å². The summed E-state index contributed by atoms with van der Waals surface area (Å²) in [5, 5.41) is 3.11. The molecule has 0 heterocycles. The maximum absolute atomic E-state index is 12.7. The Morgan fingerprint density at radius 2 is 1.76 bits per heavy atom. The first kappa shape index (κ1) is 19.3. The molecule has 2 rings (SSSR count). The molecule has 0 unspecified atom stereocenters. The van der Waals surface area contributed by atoms with Gasteiger partial charge in [-0.3, -0.25) is 9.10 Å². The number of sulfonamides is 1. The van der Waals surface area contributed by atoms with E-state index >= 15 is 0 Å². The number of hydrogen-bond donors (Lipinski definition) is 1. The molecular formula is C18H21ClN2O3S. The first-order valence-electron chi connectivity index (χ1n) is 7.85. The molecule has 25 heavy (non-hydrogen) atoms. The van der Waals surface area contributed by atoms with Crippen molar-refractivity contribution in [1.29, 1.82) is 0 Å². The van der Waals surface area contributed by atoms with Gasteiger partial charge in [0.25, 0.3) is 0 Å². The largest absolute Gasteiger partial charge is 0.323 e. The quantitative estimate of drug-likeness (QED) is 0.828. The third-order valence-corrected chi connectivity index (χ3v) is 5.26. The van der Waals surface area contributed by atoms with Crippen molar-refractivity contribution in [3.63, 3.8) is 0 Å². The highest BCUT2D eigenvalue weighted by Gasteiger charge is 2.31. The van der Waals surface area contributed by atoms with Gasteiger partial charge in [0, 0.05) is 0 Å². The van der Waals surface area contributed by atoms with Gasteiger partial charge in [-0.25, -0.2) is 8.42 Å².